The third-order valence-electron chi connectivity index (χ3n) is 2.37. The average Bonchev–Trinajstić information content (AvgIpc) is 2.76. The molecule has 0 spiro atoms. The molecule has 0 aliphatic carbocycles. The zero-order chi connectivity index (χ0) is 14.0. The average molecular weight is 330 g/mol. The molecule has 1 aromatic carbocycles. The summed E-state index contributed by atoms with van der Waals surface area (Å²) in [5, 5.41) is 17.4. The Labute approximate surface area is 115 Å². The molecule has 0 atom stereocenters. The van der Waals surface area contributed by atoms with Crippen LogP contribution in [0, 0.1) is 22.9 Å². The van der Waals surface area contributed by atoms with E-state index in [2.05, 4.69) is 26.4 Å². The van der Waals surface area contributed by atoms with Crippen molar-refractivity contribution in [2.24, 2.45) is 0 Å². The van der Waals surface area contributed by atoms with Gasteiger partial charge in [-0.25, -0.2) is 4.39 Å². The molecule has 1 heterocycles. The summed E-state index contributed by atoms with van der Waals surface area (Å²) in [6, 6.07) is 3.87. The number of aromatic nitrogens is 1. The lowest BCUT2D eigenvalue weighted by Crippen LogP contribution is -2.03. The van der Waals surface area contributed by atoms with Gasteiger partial charge >= 0.3 is 0 Å². The van der Waals surface area contributed by atoms with Crippen molar-refractivity contribution in [3.8, 4) is 0 Å². The van der Waals surface area contributed by atoms with Gasteiger partial charge in [0.2, 0.25) is 0 Å². The molecule has 0 saturated carbocycles. The van der Waals surface area contributed by atoms with Crippen LogP contribution in [0.15, 0.2) is 27.2 Å². The van der Waals surface area contributed by atoms with Gasteiger partial charge < -0.3 is 9.84 Å². The van der Waals surface area contributed by atoms with Crippen LogP contribution in [0.1, 0.15) is 11.5 Å². The van der Waals surface area contributed by atoms with Crippen LogP contribution in [0.2, 0.25) is 0 Å². The zero-order valence-corrected chi connectivity index (χ0v) is 11.4. The van der Waals surface area contributed by atoms with Crippen molar-refractivity contribution in [1.29, 1.82) is 0 Å². The van der Waals surface area contributed by atoms with E-state index in [1.165, 1.54) is 0 Å². The van der Waals surface area contributed by atoms with Crippen LogP contribution in [0.3, 0.4) is 0 Å². The Kier molecular flexibility index (Phi) is 3.79. The van der Waals surface area contributed by atoms with E-state index in [0.29, 0.717) is 11.5 Å². The lowest BCUT2D eigenvalue weighted by molar-refractivity contribution is -0.384. The Morgan fingerprint density at radius 3 is 2.84 bits per heavy atom. The predicted octanol–water partition coefficient (Wildman–Crippen LogP) is 3.40. The van der Waals surface area contributed by atoms with E-state index in [0.717, 1.165) is 12.1 Å². The molecule has 8 heteroatoms. The number of nitro groups is 1. The van der Waals surface area contributed by atoms with Crippen LogP contribution < -0.4 is 5.32 Å². The van der Waals surface area contributed by atoms with Gasteiger partial charge in [-0.15, -0.1) is 0 Å². The number of anilines is 1. The van der Waals surface area contributed by atoms with E-state index in [1.807, 2.05) is 0 Å². The van der Waals surface area contributed by atoms with Crippen molar-refractivity contribution in [1.82, 2.24) is 5.16 Å². The van der Waals surface area contributed by atoms with E-state index in [9.17, 15) is 14.5 Å². The van der Waals surface area contributed by atoms with E-state index in [-0.39, 0.29) is 22.4 Å². The minimum absolute atomic E-state index is 0.0435. The smallest absolute Gasteiger partial charge is 0.293 e. The molecule has 1 aromatic heterocycles. The van der Waals surface area contributed by atoms with Crippen LogP contribution in [-0.4, -0.2) is 10.1 Å². The van der Waals surface area contributed by atoms with Gasteiger partial charge in [-0.05, 0) is 22.9 Å². The molecule has 2 rings (SSSR count). The van der Waals surface area contributed by atoms with Gasteiger partial charge in [0.1, 0.15) is 23.0 Å². The summed E-state index contributed by atoms with van der Waals surface area (Å²) in [5.41, 5.74) is 0.454. The fourth-order valence-corrected chi connectivity index (χ4v) is 1.85. The maximum Gasteiger partial charge on any atom is 0.293 e. The van der Waals surface area contributed by atoms with Crippen LogP contribution in [0.25, 0.3) is 0 Å². The first kappa shape index (κ1) is 13.5. The van der Waals surface area contributed by atoms with Crippen LogP contribution in [0.5, 0.6) is 0 Å². The Morgan fingerprint density at radius 1 is 1.53 bits per heavy atom. The summed E-state index contributed by atoms with van der Waals surface area (Å²) in [4.78, 5) is 10.3. The fourth-order valence-electron chi connectivity index (χ4n) is 1.52. The van der Waals surface area contributed by atoms with E-state index >= 15 is 0 Å². The Balaban J connectivity index is 2.23. The largest absolute Gasteiger partial charge is 0.374 e. The topological polar surface area (TPSA) is 81.2 Å². The summed E-state index contributed by atoms with van der Waals surface area (Å²) in [7, 11) is 0. The first-order valence-electron chi connectivity index (χ1n) is 5.27. The zero-order valence-electron chi connectivity index (χ0n) is 9.81. The second-order valence-corrected chi connectivity index (χ2v) is 4.68. The van der Waals surface area contributed by atoms with E-state index in [1.54, 1.807) is 13.0 Å². The Bertz CT molecular complexity index is 630. The van der Waals surface area contributed by atoms with Gasteiger partial charge in [-0.2, -0.15) is 0 Å². The monoisotopic (exact) mass is 329 g/mol. The highest BCUT2D eigenvalue weighted by Gasteiger charge is 2.17. The molecular formula is C11H9BrFN3O3. The fraction of sp³-hybridized carbons (Fsp3) is 0.182. The third-order valence-corrected chi connectivity index (χ3v) is 2.98. The number of aryl methyl sites for hydroxylation is 1. The molecular weight excluding hydrogens is 321 g/mol. The number of hydrogen-bond acceptors (Lipinski definition) is 5. The van der Waals surface area contributed by atoms with E-state index < -0.39 is 10.7 Å². The second-order valence-electron chi connectivity index (χ2n) is 3.82. The first-order valence-corrected chi connectivity index (χ1v) is 6.06. The lowest BCUT2D eigenvalue weighted by atomic mass is 10.2. The Morgan fingerprint density at radius 2 is 2.26 bits per heavy atom. The van der Waals surface area contributed by atoms with Crippen LogP contribution in [-0.2, 0) is 6.54 Å². The highest BCUT2D eigenvalue weighted by atomic mass is 79.9. The predicted molar refractivity (Wildman–Crippen MR) is 69.3 cm³/mol. The summed E-state index contributed by atoms with van der Waals surface area (Å²) >= 11 is 2.91. The minimum Gasteiger partial charge on any atom is -0.374 e. The number of halogens is 2. The quantitative estimate of drug-likeness (QED) is 0.686. The summed E-state index contributed by atoms with van der Waals surface area (Å²) in [5.74, 6) is 0.0534. The molecule has 0 fully saturated rings. The van der Waals surface area contributed by atoms with Crippen molar-refractivity contribution in [2.45, 2.75) is 13.5 Å². The molecule has 0 radical (unpaired) electrons. The lowest BCUT2D eigenvalue weighted by Gasteiger charge is -2.06. The van der Waals surface area contributed by atoms with Gasteiger partial charge in [0.15, 0.2) is 0 Å². The molecule has 100 valence electrons. The van der Waals surface area contributed by atoms with Gasteiger partial charge in [0.25, 0.3) is 5.69 Å². The first-order chi connectivity index (χ1) is 8.97. The highest BCUT2D eigenvalue weighted by Crippen LogP contribution is 2.30. The molecule has 1 N–H and O–H groups in total. The molecule has 0 aliphatic heterocycles. The molecule has 0 saturated heterocycles. The molecule has 0 aliphatic rings. The number of rotatable bonds is 4. The highest BCUT2D eigenvalue weighted by molar-refractivity contribution is 9.10. The maximum absolute atomic E-state index is 13.4. The Hall–Kier alpha value is -1.96. The molecule has 2 aromatic rings. The van der Waals surface area contributed by atoms with Gasteiger partial charge in [-0.1, -0.05) is 5.16 Å². The van der Waals surface area contributed by atoms with Crippen molar-refractivity contribution in [2.75, 3.05) is 5.32 Å². The summed E-state index contributed by atoms with van der Waals surface area (Å²) < 4.78 is 18.3. The summed E-state index contributed by atoms with van der Waals surface area (Å²) in [6.45, 7) is 1.94. The van der Waals surface area contributed by atoms with E-state index in [4.69, 9.17) is 4.52 Å². The number of nitrogens with zero attached hydrogens (tertiary/aromatic N) is 2. The van der Waals surface area contributed by atoms with Gasteiger partial charge in [0, 0.05) is 18.2 Å². The van der Waals surface area contributed by atoms with Crippen molar-refractivity contribution in [3.05, 3.63) is 50.1 Å². The number of nitro benzene ring substituents is 1. The van der Waals surface area contributed by atoms with Crippen molar-refractivity contribution >= 4 is 27.3 Å². The second kappa shape index (κ2) is 5.35. The maximum atomic E-state index is 13.4. The molecule has 19 heavy (non-hydrogen) atoms. The SMILES string of the molecule is Cc1cc(CNc2cc(F)c(Br)cc2[N+](=O)[O-])no1. The van der Waals surface area contributed by atoms with Crippen LogP contribution in [0.4, 0.5) is 15.8 Å². The standard InChI is InChI=1S/C11H9BrFN3O3/c1-6-2-7(15-19-6)5-14-10-4-9(13)8(12)3-11(10)16(17)18/h2-4,14H,5H2,1H3. The normalized spacial score (nSPS) is 10.5. The number of hydrogen-bond donors (Lipinski definition) is 1. The molecule has 6 nitrogen and oxygen atoms in total. The molecule has 0 bridgehead atoms. The minimum atomic E-state index is -0.583. The van der Waals surface area contributed by atoms with Gasteiger partial charge in [-0.3, -0.25) is 10.1 Å². The molecule has 0 amide bonds. The van der Waals surface area contributed by atoms with Crippen LogP contribution >= 0.6 is 15.9 Å². The molecule has 0 unspecified atom stereocenters. The van der Waals surface area contributed by atoms with Crippen molar-refractivity contribution in [3.63, 3.8) is 0 Å². The number of benzene rings is 1. The summed E-state index contributed by atoms with van der Waals surface area (Å²) in [6.07, 6.45) is 0. The van der Waals surface area contributed by atoms with Gasteiger partial charge in [0.05, 0.1) is 15.9 Å². The number of nitrogens with one attached hydrogen (secondary N) is 1. The third kappa shape index (κ3) is 3.08. The van der Waals surface area contributed by atoms with Crippen molar-refractivity contribution < 1.29 is 13.8 Å².